The summed E-state index contributed by atoms with van der Waals surface area (Å²) in [6, 6.07) is 82.3. The maximum atomic E-state index is 5.20. The van der Waals surface area contributed by atoms with Gasteiger partial charge in [-0.3, -0.25) is 0 Å². The first-order chi connectivity index (χ1) is 30.8. The summed E-state index contributed by atoms with van der Waals surface area (Å²) in [4.78, 5) is 17.8. The summed E-state index contributed by atoms with van der Waals surface area (Å²) < 4.78 is 0. The summed E-state index contributed by atoms with van der Waals surface area (Å²) in [7, 11) is 0. The number of nitrogens with zero attached hydrogens (tertiary/aromatic N) is 4. The molecule has 0 N–H and O–H groups in total. The molecule has 2 heterocycles. The molecular weight excluding hydrogens is 753 g/mol. The monoisotopic (exact) mass is 790 g/mol. The summed E-state index contributed by atoms with van der Waals surface area (Å²) in [5.74, 6) is 1.89. The minimum absolute atomic E-state index is 0.542. The Morgan fingerprint density at radius 3 is 1.35 bits per heavy atom. The van der Waals surface area contributed by atoms with E-state index < -0.39 is 5.41 Å². The van der Waals surface area contributed by atoms with Crippen LogP contribution in [-0.4, -0.2) is 15.0 Å². The molecule has 1 aromatic heterocycles. The highest BCUT2D eigenvalue weighted by molar-refractivity contribution is 6.00. The largest absolute Gasteiger partial charge is 0.310 e. The molecule has 9 aromatic carbocycles. The maximum Gasteiger partial charge on any atom is 0.164 e. The van der Waals surface area contributed by atoms with E-state index in [9.17, 15) is 0 Å². The molecule has 62 heavy (non-hydrogen) atoms. The van der Waals surface area contributed by atoms with Gasteiger partial charge in [-0.2, -0.15) is 0 Å². The van der Waals surface area contributed by atoms with Crippen LogP contribution in [0.2, 0.25) is 0 Å². The van der Waals surface area contributed by atoms with Gasteiger partial charge in [-0.25, -0.2) is 15.0 Å². The van der Waals surface area contributed by atoms with Gasteiger partial charge in [-0.1, -0.05) is 194 Å². The Morgan fingerprint density at radius 1 is 0.290 bits per heavy atom. The number of hydrogen-bond acceptors (Lipinski definition) is 4. The lowest BCUT2D eigenvalue weighted by molar-refractivity contribution is 0.753. The van der Waals surface area contributed by atoms with Crippen LogP contribution in [0.1, 0.15) is 22.3 Å². The molecule has 1 aliphatic heterocycles. The van der Waals surface area contributed by atoms with Crippen molar-refractivity contribution in [1.82, 2.24) is 15.0 Å². The van der Waals surface area contributed by atoms with Crippen LogP contribution in [-0.2, 0) is 5.41 Å². The summed E-state index contributed by atoms with van der Waals surface area (Å²) in [5.41, 5.74) is 17.9. The first kappa shape index (κ1) is 35.7. The average Bonchev–Trinajstić information content (AvgIpc) is 3.66. The minimum Gasteiger partial charge on any atom is -0.310 e. The van der Waals surface area contributed by atoms with Crippen LogP contribution in [0.5, 0.6) is 0 Å². The summed E-state index contributed by atoms with van der Waals surface area (Å²) >= 11 is 0. The fourth-order valence-corrected chi connectivity index (χ4v) is 9.90. The zero-order valence-corrected chi connectivity index (χ0v) is 33.7. The molecule has 0 bridgehead atoms. The SMILES string of the molecule is c1ccc(-c2cccc(-c3nc(-c4ccccc4)nc(-c4cccc(-c5cccc6c5-c5ccccc5C65c6ccccc6N(c6ccccc6)c6ccccc65)c4)n3)c2)cc1. The number of hydrogen-bond donors (Lipinski definition) is 0. The van der Waals surface area contributed by atoms with Gasteiger partial charge in [0.05, 0.1) is 16.8 Å². The Labute approximate surface area is 361 Å². The summed E-state index contributed by atoms with van der Waals surface area (Å²) in [6.45, 7) is 0. The molecule has 4 heteroatoms. The highest BCUT2D eigenvalue weighted by Crippen LogP contribution is 2.64. The van der Waals surface area contributed by atoms with Crippen molar-refractivity contribution < 1.29 is 0 Å². The fourth-order valence-electron chi connectivity index (χ4n) is 9.90. The molecule has 0 radical (unpaired) electrons. The molecule has 0 saturated heterocycles. The lowest BCUT2D eigenvalue weighted by Gasteiger charge is -2.45. The van der Waals surface area contributed by atoms with Crippen molar-refractivity contribution in [3.05, 3.63) is 253 Å². The molecule has 4 nitrogen and oxygen atoms in total. The van der Waals surface area contributed by atoms with E-state index in [1.165, 1.54) is 50.3 Å². The van der Waals surface area contributed by atoms with Crippen LogP contribution in [0, 0.1) is 0 Å². The van der Waals surface area contributed by atoms with Gasteiger partial charge in [-0.05, 0) is 92.0 Å². The molecule has 12 rings (SSSR count). The summed E-state index contributed by atoms with van der Waals surface area (Å²) in [6.07, 6.45) is 0. The number of benzene rings is 9. The Kier molecular flexibility index (Phi) is 8.36. The Balaban J connectivity index is 1.04. The maximum absolute atomic E-state index is 5.20. The van der Waals surface area contributed by atoms with Gasteiger partial charge in [0.2, 0.25) is 0 Å². The highest BCUT2D eigenvalue weighted by Gasteiger charge is 2.52. The Morgan fingerprint density at radius 2 is 0.710 bits per heavy atom. The molecular formula is C58H38N4. The van der Waals surface area contributed by atoms with Gasteiger partial charge in [0.25, 0.3) is 0 Å². The van der Waals surface area contributed by atoms with Crippen molar-refractivity contribution in [3.63, 3.8) is 0 Å². The Hall–Kier alpha value is -8.21. The predicted molar refractivity (Wildman–Crippen MR) is 253 cm³/mol. The van der Waals surface area contributed by atoms with Crippen molar-refractivity contribution in [2.75, 3.05) is 4.90 Å². The van der Waals surface area contributed by atoms with Crippen LogP contribution < -0.4 is 4.90 Å². The number of anilines is 3. The van der Waals surface area contributed by atoms with E-state index >= 15 is 0 Å². The molecule has 2 aliphatic rings. The lowest BCUT2D eigenvalue weighted by atomic mass is 9.64. The lowest BCUT2D eigenvalue weighted by Crippen LogP contribution is -2.36. The van der Waals surface area contributed by atoms with Crippen molar-refractivity contribution >= 4 is 17.1 Å². The first-order valence-corrected chi connectivity index (χ1v) is 21.1. The van der Waals surface area contributed by atoms with E-state index in [1.807, 2.05) is 24.3 Å². The van der Waals surface area contributed by atoms with E-state index in [-0.39, 0.29) is 0 Å². The predicted octanol–water partition coefficient (Wildman–Crippen LogP) is 14.4. The van der Waals surface area contributed by atoms with Crippen LogP contribution in [0.15, 0.2) is 231 Å². The summed E-state index contributed by atoms with van der Waals surface area (Å²) in [5, 5.41) is 0. The van der Waals surface area contributed by atoms with Crippen molar-refractivity contribution in [2.45, 2.75) is 5.41 Å². The fraction of sp³-hybridized carbons (Fsp3) is 0.0172. The molecule has 0 fully saturated rings. The van der Waals surface area contributed by atoms with Gasteiger partial charge >= 0.3 is 0 Å². The number of fused-ring (bicyclic) bond motifs is 9. The Bertz CT molecular complexity index is 3260. The normalized spacial score (nSPS) is 12.9. The quantitative estimate of drug-likeness (QED) is 0.168. The second kappa shape index (κ2) is 14.5. The molecule has 0 atom stereocenters. The van der Waals surface area contributed by atoms with Crippen molar-refractivity contribution in [3.8, 4) is 67.5 Å². The van der Waals surface area contributed by atoms with E-state index in [2.05, 4.69) is 211 Å². The molecule has 10 aromatic rings. The van der Waals surface area contributed by atoms with Crippen LogP contribution >= 0.6 is 0 Å². The van der Waals surface area contributed by atoms with Crippen LogP contribution in [0.25, 0.3) is 67.5 Å². The van der Waals surface area contributed by atoms with Gasteiger partial charge in [0, 0.05) is 22.4 Å². The number of rotatable bonds is 6. The number of para-hydroxylation sites is 3. The van der Waals surface area contributed by atoms with Crippen LogP contribution in [0.3, 0.4) is 0 Å². The zero-order chi connectivity index (χ0) is 41.0. The first-order valence-electron chi connectivity index (χ1n) is 21.1. The van der Waals surface area contributed by atoms with Gasteiger partial charge in [0.1, 0.15) is 0 Å². The highest BCUT2D eigenvalue weighted by atomic mass is 15.2. The molecule has 290 valence electrons. The van der Waals surface area contributed by atoms with E-state index in [4.69, 9.17) is 15.0 Å². The smallest absolute Gasteiger partial charge is 0.164 e. The standard InChI is InChI=1S/C58H38N4/c1-4-19-39(20-5-1)41-23-16-25-43(37-41)56-59-55(40-21-6-2-7-22-40)60-57(61-56)44-26-17-24-42(38-44)46-30-18-34-51-54(46)47-29-10-11-31-48(47)58(51)49-32-12-14-35-52(49)62(45-27-8-3-9-28-45)53-36-15-13-33-50(53)58/h1-38H. The molecule has 1 aliphatic carbocycles. The third-order valence-corrected chi connectivity index (χ3v) is 12.5. The zero-order valence-electron chi connectivity index (χ0n) is 33.7. The van der Waals surface area contributed by atoms with E-state index in [1.54, 1.807) is 0 Å². The second-order valence-electron chi connectivity index (χ2n) is 15.9. The third kappa shape index (κ3) is 5.58. The molecule has 0 unspecified atom stereocenters. The molecule has 0 amide bonds. The second-order valence-corrected chi connectivity index (χ2v) is 15.9. The van der Waals surface area contributed by atoms with Gasteiger partial charge in [0.15, 0.2) is 17.5 Å². The van der Waals surface area contributed by atoms with Gasteiger partial charge in [-0.15, -0.1) is 0 Å². The van der Waals surface area contributed by atoms with Crippen molar-refractivity contribution in [2.24, 2.45) is 0 Å². The molecule has 0 saturated carbocycles. The molecule has 1 spiro atoms. The minimum atomic E-state index is -0.542. The van der Waals surface area contributed by atoms with Crippen LogP contribution in [0.4, 0.5) is 17.1 Å². The topological polar surface area (TPSA) is 41.9 Å². The van der Waals surface area contributed by atoms with Crippen molar-refractivity contribution in [1.29, 1.82) is 0 Å². The van der Waals surface area contributed by atoms with E-state index in [0.29, 0.717) is 17.5 Å². The third-order valence-electron chi connectivity index (χ3n) is 12.5. The van der Waals surface area contributed by atoms with E-state index in [0.717, 1.165) is 39.1 Å². The average molecular weight is 791 g/mol. The van der Waals surface area contributed by atoms with Gasteiger partial charge < -0.3 is 4.90 Å². The number of aromatic nitrogens is 3.